The number of aromatic nitrogens is 3. The second-order valence-corrected chi connectivity index (χ2v) is 5.01. The summed E-state index contributed by atoms with van der Waals surface area (Å²) in [7, 11) is 0. The summed E-state index contributed by atoms with van der Waals surface area (Å²) in [5.41, 5.74) is 1.87. The van der Waals surface area contributed by atoms with E-state index < -0.39 is 0 Å². The summed E-state index contributed by atoms with van der Waals surface area (Å²) in [4.78, 5) is 0. The lowest BCUT2D eigenvalue weighted by Crippen LogP contribution is -2.03. The Hall–Kier alpha value is -1.57. The summed E-state index contributed by atoms with van der Waals surface area (Å²) in [6.07, 6.45) is 2.75. The van der Waals surface area contributed by atoms with Crippen LogP contribution >= 0.6 is 23.2 Å². The largest absolute Gasteiger partial charge is 0.216 e. The van der Waals surface area contributed by atoms with Crippen molar-refractivity contribution in [2.75, 3.05) is 0 Å². The van der Waals surface area contributed by atoms with E-state index in [0.717, 1.165) is 30.6 Å². The monoisotopic (exact) mass is 294 g/mol. The molecule has 4 nitrogen and oxygen atoms in total. The molecule has 0 aliphatic carbocycles. The van der Waals surface area contributed by atoms with Crippen LogP contribution in [0.5, 0.6) is 0 Å². The van der Waals surface area contributed by atoms with Crippen LogP contribution in [0.25, 0.3) is 5.69 Å². The smallest absolute Gasteiger partial charge is 0.186 e. The summed E-state index contributed by atoms with van der Waals surface area (Å²) in [5, 5.41) is 18.0. The zero-order valence-corrected chi connectivity index (χ0v) is 11.9. The Morgan fingerprint density at radius 2 is 1.95 bits per heavy atom. The number of nitriles is 1. The van der Waals surface area contributed by atoms with Gasteiger partial charge in [0.15, 0.2) is 5.69 Å². The number of nitrogens with zero attached hydrogens (tertiary/aromatic N) is 4. The van der Waals surface area contributed by atoms with Crippen molar-refractivity contribution in [2.45, 2.75) is 26.2 Å². The normalized spacial score (nSPS) is 10.4. The summed E-state index contributed by atoms with van der Waals surface area (Å²) >= 11 is 12.0. The maximum Gasteiger partial charge on any atom is 0.186 e. The summed E-state index contributed by atoms with van der Waals surface area (Å²) in [5.74, 6) is 0. The van der Waals surface area contributed by atoms with E-state index in [0.29, 0.717) is 15.7 Å². The molecular formula is C13H12Cl2N4. The van der Waals surface area contributed by atoms with Gasteiger partial charge in [-0.2, -0.15) is 5.26 Å². The quantitative estimate of drug-likeness (QED) is 0.862. The molecule has 98 valence electrons. The maximum atomic E-state index is 9.07. The van der Waals surface area contributed by atoms with Crippen LogP contribution in [-0.4, -0.2) is 15.0 Å². The van der Waals surface area contributed by atoms with Crippen molar-refractivity contribution in [2.24, 2.45) is 0 Å². The van der Waals surface area contributed by atoms with Crippen molar-refractivity contribution in [1.82, 2.24) is 15.0 Å². The minimum atomic E-state index is 0.351. The van der Waals surface area contributed by atoms with Gasteiger partial charge in [0, 0.05) is 10.0 Å². The molecule has 2 aromatic rings. The average molecular weight is 295 g/mol. The van der Waals surface area contributed by atoms with E-state index in [9.17, 15) is 0 Å². The fourth-order valence-electron chi connectivity index (χ4n) is 1.83. The van der Waals surface area contributed by atoms with Crippen LogP contribution in [-0.2, 0) is 6.42 Å². The second-order valence-electron chi connectivity index (χ2n) is 4.14. The first-order valence-electron chi connectivity index (χ1n) is 5.97. The molecule has 0 saturated heterocycles. The third-order valence-corrected chi connectivity index (χ3v) is 3.16. The maximum absolute atomic E-state index is 9.07. The molecule has 1 aromatic carbocycles. The number of benzene rings is 1. The molecule has 2 rings (SSSR count). The topological polar surface area (TPSA) is 54.5 Å². The molecule has 0 amide bonds. The van der Waals surface area contributed by atoms with E-state index in [-0.39, 0.29) is 0 Å². The van der Waals surface area contributed by atoms with E-state index >= 15 is 0 Å². The minimum Gasteiger partial charge on any atom is -0.216 e. The predicted molar refractivity (Wildman–Crippen MR) is 74.7 cm³/mol. The van der Waals surface area contributed by atoms with Crippen LogP contribution in [0.15, 0.2) is 18.2 Å². The highest BCUT2D eigenvalue weighted by molar-refractivity contribution is 6.34. The van der Waals surface area contributed by atoms with Crippen molar-refractivity contribution < 1.29 is 0 Å². The van der Waals surface area contributed by atoms with Crippen molar-refractivity contribution in [3.05, 3.63) is 39.6 Å². The second kappa shape index (κ2) is 6.05. The van der Waals surface area contributed by atoms with Gasteiger partial charge in [-0.25, -0.2) is 4.68 Å². The summed E-state index contributed by atoms with van der Waals surface area (Å²) in [6, 6.07) is 7.21. The Kier molecular flexibility index (Phi) is 4.41. The number of hydrogen-bond acceptors (Lipinski definition) is 3. The number of hydrogen-bond donors (Lipinski definition) is 0. The van der Waals surface area contributed by atoms with Crippen LogP contribution in [0, 0.1) is 11.3 Å². The molecule has 0 aliphatic heterocycles. The Bertz CT molecular complexity index is 608. The number of unbranched alkanes of at least 4 members (excludes halogenated alkanes) is 1. The van der Waals surface area contributed by atoms with E-state index in [1.54, 1.807) is 22.9 Å². The molecule has 1 aromatic heterocycles. The van der Waals surface area contributed by atoms with Gasteiger partial charge in [-0.05, 0) is 31.0 Å². The third kappa shape index (κ3) is 3.06. The van der Waals surface area contributed by atoms with Gasteiger partial charge in [0.1, 0.15) is 6.07 Å². The van der Waals surface area contributed by atoms with Gasteiger partial charge in [-0.15, -0.1) is 5.10 Å². The van der Waals surface area contributed by atoms with Crippen LogP contribution < -0.4 is 0 Å². The lowest BCUT2D eigenvalue weighted by atomic mass is 10.1. The van der Waals surface area contributed by atoms with Gasteiger partial charge in [-0.1, -0.05) is 41.8 Å². The van der Waals surface area contributed by atoms with E-state index in [4.69, 9.17) is 28.5 Å². The SMILES string of the molecule is CCCCc1c(C#N)nnn1-c1cc(Cl)cc(Cl)c1. The zero-order chi connectivity index (χ0) is 13.8. The average Bonchev–Trinajstić information content (AvgIpc) is 2.77. The molecule has 0 spiro atoms. The van der Waals surface area contributed by atoms with Crippen LogP contribution in [0.4, 0.5) is 0 Å². The highest BCUT2D eigenvalue weighted by Crippen LogP contribution is 2.23. The first kappa shape index (κ1) is 13.9. The van der Waals surface area contributed by atoms with Crippen LogP contribution in [0.1, 0.15) is 31.2 Å². The highest BCUT2D eigenvalue weighted by atomic mass is 35.5. The van der Waals surface area contributed by atoms with Gasteiger partial charge in [0.05, 0.1) is 11.4 Å². The lowest BCUT2D eigenvalue weighted by molar-refractivity contribution is 0.715. The van der Waals surface area contributed by atoms with E-state index in [2.05, 4.69) is 23.3 Å². The predicted octanol–water partition coefficient (Wildman–Crippen LogP) is 3.79. The van der Waals surface area contributed by atoms with Gasteiger partial charge < -0.3 is 0 Å². The summed E-state index contributed by atoms with van der Waals surface area (Å²) < 4.78 is 1.63. The van der Waals surface area contributed by atoms with Gasteiger partial charge in [0.25, 0.3) is 0 Å². The molecule has 1 heterocycles. The van der Waals surface area contributed by atoms with E-state index in [1.807, 2.05) is 0 Å². The Morgan fingerprint density at radius 1 is 1.26 bits per heavy atom. The Morgan fingerprint density at radius 3 is 2.53 bits per heavy atom. The molecule has 0 radical (unpaired) electrons. The first-order chi connectivity index (χ1) is 9.15. The molecule has 0 unspecified atom stereocenters. The Labute approximate surface area is 121 Å². The van der Waals surface area contributed by atoms with Crippen LogP contribution in [0.2, 0.25) is 10.0 Å². The van der Waals surface area contributed by atoms with Crippen LogP contribution in [0.3, 0.4) is 0 Å². The molecule has 0 saturated carbocycles. The standard InChI is InChI=1S/C13H12Cl2N4/c1-2-3-4-13-12(8-16)17-18-19(13)11-6-9(14)5-10(15)7-11/h5-7H,2-4H2,1H3. The molecule has 0 bridgehead atoms. The molecular weight excluding hydrogens is 283 g/mol. The minimum absolute atomic E-state index is 0.351. The van der Waals surface area contributed by atoms with E-state index in [1.165, 1.54) is 0 Å². The lowest BCUT2D eigenvalue weighted by Gasteiger charge is -2.07. The molecule has 6 heteroatoms. The van der Waals surface area contributed by atoms with Crippen molar-refractivity contribution >= 4 is 23.2 Å². The highest BCUT2D eigenvalue weighted by Gasteiger charge is 2.14. The molecule has 0 N–H and O–H groups in total. The fourth-order valence-corrected chi connectivity index (χ4v) is 2.34. The zero-order valence-electron chi connectivity index (χ0n) is 10.4. The molecule has 0 atom stereocenters. The number of halogens is 2. The third-order valence-electron chi connectivity index (χ3n) is 2.73. The molecule has 0 aliphatic rings. The fraction of sp³-hybridized carbons (Fsp3) is 0.308. The molecule has 19 heavy (non-hydrogen) atoms. The van der Waals surface area contributed by atoms with Gasteiger partial charge in [-0.3, -0.25) is 0 Å². The molecule has 0 fully saturated rings. The van der Waals surface area contributed by atoms with Crippen molar-refractivity contribution in [1.29, 1.82) is 5.26 Å². The first-order valence-corrected chi connectivity index (χ1v) is 6.72. The van der Waals surface area contributed by atoms with Gasteiger partial charge in [0.2, 0.25) is 0 Å². The number of rotatable bonds is 4. The van der Waals surface area contributed by atoms with Crippen molar-refractivity contribution in [3.63, 3.8) is 0 Å². The summed E-state index contributed by atoms with van der Waals surface area (Å²) in [6.45, 7) is 2.09. The van der Waals surface area contributed by atoms with Crippen molar-refractivity contribution in [3.8, 4) is 11.8 Å². The van der Waals surface area contributed by atoms with Gasteiger partial charge >= 0.3 is 0 Å². The Balaban J connectivity index is 2.49.